The fourth-order valence-corrected chi connectivity index (χ4v) is 2.98. The van der Waals surface area contributed by atoms with Crippen molar-refractivity contribution in [3.63, 3.8) is 0 Å². The number of hydrogen-bond donors (Lipinski definition) is 1. The first-order valence-electron chi connectivity index (χ1n) is 7.00. The first kappa shape index (κ1) is 13.6. The number of nitrogens with zero attached hydrogens (tertiary/aromatic N) is 3. The van der Waals surface area contributed by atoms with Gasteiger partial charge in [0, 0.05) is 37.4 Å². The summed E-state index contributed by atoms with van der Waals surface area (Å²) >= 11 is 0. The van der Waals surface area contributed by atoms with Gasteiger partial charge in [0.1, 0.15) is 0 Å². The van der Waals surface area contributed by atoms with Crippen molar-refractivity contribution in [2.45, 2.75) is 38.8 Å². The molecule has 1 aromatic rings. The zero-order valence-corrected chi connectivity index (χ0v) is 12.1. The lowest BCUT2D eigenvalue weighted by atomic mass is 9.86. The molecule has 0 aliphatic carbocycles. The molecule has 0 saturated carbocycles. The van der Waals surface area contributed by atoms with Crippen LogP contribution in [0.25, 0.3) is 0 Å². The Bertz CT molecular complexity index is 372. The van der Waals surface area contributed by atoms with Gasteiger partial charge in [-0.25, -0.2) is 0 Å². The van der Waals surface area contributed by atoms with Gasteiger partial charge in [-0.05, 0) is 32.4 Å². The highest BCUT2D eigenvalue weighted by Crippen LogP contribution is 2.34. The molecule has 2 atom stereocenters. The SMILES string of the molecule is CC(C)NCC1CCCN(C)C1c1cnn(C)c1. The fraction of sp³-hybridized carbons (Fsp3) is 0.786. The first-order valence-corrected chi connectivity index (χ1v) is 7.00. The standard InChI is InChI=1S/C14H26N4/c1-11(2)15-8-12-6-5-7-17(3)14(12)13-9-16-18(4)10-13/h9-12,14-15H,5-8H2,1-4H3. The van der Waals surface area contributed by atoms with Crippen LogP contribution in [-0.2, 0) is 7.05 Å². The first-order chi connectivity index (χ1) is 8.58. The highest BCUT2D eigenvalue weighted by Gasteiger charge is 2.31. The molecule has 1 aromatic heterocycles. The van der Waals surface area contributed by atoms with E-state index in [-0.39, 0.29) is 0 Å². The van der Waals surface area contributed by atoms with E-state index in [0.717, 1.165) is 6.54 Å². The summed E-state index contributed by atoms with van der Waals surface area (Å²) in [5.41, 5.74) is 1.36. The molecule has 1 saturated heterocycles. The lowest BCUT2D eigenvalue weighted by Gasteiger charge is -2.39. The lowest BCUT2D eigenvalue weighted by Crippen LogP contribution is -2.41. The van der Waals surface area contributed by atoms with Gasteiger partial charge in [0.05, 0.1) is 6.20 Å². The highest BCUT2D eigenvalue weighted by atomic mass is 15.2. The molecule has 0 bridgehead atoms. The van der Waals surface area contributed by atoms with Crippen LogP contribution in [0.2, 0.25) is 0 Å². The topological polar surface area (TPSA) is 33.1 Å². The van der Waals surface area contributed by atoms with Crippen LogP contribution in [-0.4, -0.2) is 40.9 Å². The van der Waals surface area contributed by atoms with Gasteiger partial charge in [-0.2, -0.15) is 5.10 Å². The minimum Gasteiger partial charge on any atom is -0.314 e. The number of nitrogens with one attached hydrogen (secondary N) is 1. The van der Waals surface area contributed by atoms with Crippen molar-refractivity contribution in [1.29, 1.82) is 0 Å². The number of rotatable bonds is 4. The normalized spacial score (nSPS) is 25.8. The maximum atomic E-state index is 4.33. The Kier molecular flexibility index (Phi) is 4.40. The Morgan fingerprint density at radius 2 is 2.22 bits per heavy atom. The summed E-state index contributed by atoms with van der Waals surface area (Å²) in [6, 6.07) is 1.07. The molecule has 2 rings (SSSR count). The van der Waals surface area contributed by atoms with E-state index in [1.54, 1.807) is 0 Å². The molecule has 2 unspecified atom stereocenters. The van der Waals surface area contributed by atoms with Crippen LogP contribution < -0.4 is 5.32 Å². The summed E-state index contributed by atoms with van der Waals surface area (Å²) in [4.78, 5) is 2.48. The molecular weight excluding hydrogens is 224 g/mol. The Balaban J connectivity index is 2.10. The highest BCUT2D eigenvalue weighted by molar-refractivity contribution is 5.13. The van der Waals surface area contributed by atoms with Gasteiger partial charge in [-0.1, -0.05) is 13.8 Å². The van der Waals surface area contributed by atoms with E-state index in [2.05, 4.69) is 42.4 Å². The molecule has 102 valence electrons. The third-order valence-corrected chi connectivity index (χ3v) is 3.86. The second-order valence-corrected chi connectivity index (χ2v) is 5.84. The molecular formula is C14H26N4. The second-order valence-electron chi connectivity index (χ2n) is 5.84. The zero-order valence-electron chi connectivity index (χ0n) is 12.1. The summed E-state index contributed by atoms with van der Waals surface area (Å²) in [6.07, 6.45) is 6.80. The van der Waals surface area contributed by atoms with Crippen molar-refractivity contribution in [2.24, 2.45) is 13.0 Å². The van der Waals surface area contributed by atoms with E-state index in [0.29, 0.717) is 18.0 Å². The molecule has 1 aliphatic heterocycles. The van der Waals surface area contributed by atoms with Gasteiger partial charge < -0.3 is 5.32 Å². The number of piperidine rings is 1. The van der Waals surface area contributed by atoms with Crippen LogP contribution >= 0.6 is 0 Å². The molecule has 1 aliphatic rings. The average molecular weight is 250 g/mol. The summed E-state index contributed by atoms with van der Waals surface area (Å²) in [5, 5.41) is 7.91. The van der Waals surface area contributed by atoms with Crippen molar-refractivity contribution in [3.8, 4) is 0 Å². The third kappa shape index (κ3) is 3.12. The van der Waals surface area contributed by atoms with Crippen LogP contribution in [0, 0.1) is 5.92 Å². The molecule has 0 aromatic carbocycles. The monoisotopic (exact) mass is 250 g/mol. The predicted molar refractivity (Wildman–Crippen MR) is 74.4 cm³/mol. The van der Waals surface area contributed by atoms with E-state index in [4.69, 9.17) is 0 Å². The second kappa shape index (κ2) is 5.85. The van der Waals surface area contributed by atoms with Crippen molar-refractivity contribution < 1.29 is 0 Å². The predicted octanol–water partition coefficient (Wildman–Crippen LogP) is 1.80. The average Bonchev–Trinajstić information content (AvgIpc) is 2.72. The molecule has 18 heavy (non-hydrogen) atoms. The van der Waals surface area contributed by atoms with E-state index >= 15 is 0 Å². The van der Waals surface area contributed by atoms with Gasteiger partial charge in [0.25, 0.3) is 0 Å². The zero-order chi connectivity index (χ0) is 13.1. The Labute approximate surface area is 110 Å². The number of hydrogen-bond acceptors (Lipinski definition) is 3. The lowest BCUT2D eigenvalue weighted by molar-refractivity contribution is 0.118. The van der Waals surface area contributed by atoms with E-state index in [1.165, 1.54) is 24.9 Å². The molecule has 1 fully saturated rings. The van der Waals surface area contributed by atoms with E-state index in [1.807, 2.05) is 17.9 Å². The molecule has 0 spiro atoms. The van der Waals surface area contributed by atoms with Crippen molar-refractivity contribution in [1.82, 2.24) is 20.0 Å². The maximum Gasteiger partial charge on any atom is 0.0537 e. The van der Waals surface area contributed by atoms with Crippen LogP contribution in [0.4, 0.5) is 0 Å². The largest absolute Gasteiger partial charge is 0.314 e. The van der Waals surface area contributed by atoms with Crippen LogP contribution in [0.15, 0.2) is 12.4 Å². The van der Waals surface area contributed by atoms with Crippen LogP contribution in [0.1, 0.15) is 38.3 Å². The Hall–Kier alpha value is -0.870. The molecule has 4 nitrogen and oxygen atoms in total. The summed E-state index contributed by atoms with van der Waals surface area (Å²) in [7, 11) is 4.23. The van der Waals surface area contributed by atoms with Crippen molar-refractivity contribution in [3.05, 3.63) is 18.0 Å². The molecule has 1 N–H and O–H groups in total. The maximum absolute atomic E-state index is 4.33. The molecule has 4 heteroatoms. The fourth-order valence-electron chi connectivity index (χ4n) is 2.98. The van der Waals surface area contributed by atoms with Crippen LogP contribution in [0.3, 0.4) is 0 Å². The number of likely N-dealkylation sites (tertiary alicyclic amines) is 1. The van der Waals surface area contributed by atoms with Gasteiger partial charge in [-0.3, -0.25) is 9.58 Å². The Morgan fingerprint density at radius 1 is 1.44 bits per heavy atom. The summed E-state index contributed by atoms with van der Waals surface area (Å²) in [6.45, 7) is 6.72. The van der Waals surface area contributed by atoms with Gasteiger partial charge >= 0.3 is 0 Å². The quantitative estimate of drug-likeness (QED) is 0.884. The van der Waals surface area contributed by atoms with Gasteiger partial charge in [0.2, 0.25) is 0 Å². The summed E-state index contributed by atoms with van der Waals surface area (Å²) < 4.78 is 1.91. The van der Waals surface area contributed by atoms with E-state index in [9.17, 15) is 0 Å². The Morgan fingerprint density at radius 3 is 2.83 bits per heavy atom. The van der Waals surface area contributed by atoms with Crippen LogP contribution in [0.5, 0.6) is 0 Å². The minimum atomic E-state index is 0.513. The van der Waals surface area contributed by atoms with Crippen molar-refractivity contribution in [2.75, 3.05) is 20.1 Å². The number of aryl methyl sites for hydroxylation is 1. The summed E-state index contributed by atoms with van der Waals surface area (Å²) in [5.74, 6) is 0.690. The molecule has 0 amide bonds. The smallest absolute Gasteiger partial charge is 0.0537 e. The van der Waals surface area contributed by atoms with Crippen molar-refractivity contribution >= 4 is 0 Å². The number of aromatic nitrogens is 2. The van der Waals surface area contributed by atoms with Gasteiger partial charge in [0.15, 0.2) is 0 Å². The molecule has 2 heterocycles. The minimum absolute atomic E-state index is 0.513. The third-order valence-electron chi connectivity index (χ3n) is 3.86. The van der Waals surface area contributed by atoms with E-state index < -0.39 is 0 Å². The van der Waals surface area contributed by atoms with Gasteiger partial charge in [-0.15, -0.1) is 0 Å². The molecule has 0 radical (unpaired) electrons.